The number of urea groups is 1. The van der Waals surface area contributed by atoms with Crippen molar-refractivity contribution in [2.45, 2.75) is 37.1 Å². The van der Waals surface area contributed by atoms with Crippen molar-refractivity contribution in [2.24, 2.45) is 0 Å². The van der Waals surface area contributed by atoms with E-state index >= 15 is 0 Å². The third kappa shape index (κ3) is 5.24. The van der Waals surface area contributed by atoms with E-state index in [2.05, 4.69) is 10.6 Å². The fraction of sp³-hybridized carbons (Fsp3) is 0.440. The highest BCUT2D eigenvalue weighted by molar-refractivity contribution is 5.99. The summed E-state index contributed by atoms with van der Waals surface area (Å²) in [5.41, 5.74) is 1.94. The summed E-state index contributed by atoms with van der Waals surface area (Å²) in [6.45, 7) is 1.99. The monoisotopic (exact) mass is 485 g/mol. The van der Waals surface area contributed by atoms with Crippen LogP contribution < -0.4 is 15.4 Å². The molecule has 0 aromatic heterocycles. The Morgan fingerprint density at radius 3 is 2.51 bits per heavy atom. The second-order valence-corrected chi connectivity index (χ2v) is 8.94. The Morgan fingerprint density at radius 1 is 1.06 bits per heavy atom. The predicted octanol–water partition coefficient (Wildman–Crippen LogP) is 2.71. The average Bonchev–Trinajstić information content (AvgIpc) is 3.23. The minimum Gasteiger partial charge on any atom is -0.487 e. The lowest BCUT2D eigenvalue weighted by Gasteiger charge is -2.38. The number of ether oxygens (including phenoxy) is 3. The number of aliphatic hydroxyl groups is 1. The van der Waals surface area contributed by atoms with E-state index in [1.165, 1.54) is 24.3 Å². The van der Waals surface area contributed by atoms with Crippen LogP contribution in [-0.2, 0) is 14.3 Å². The molecule has 2 fully saturated rings. The van der Waals surface area contributed by atoms with Crippen LogP contribution in [0, 0.1) is 5.82 Å². The maximum absolute atomic E-state index is 13.1. The Labute approximate surface area is 202 Å². The molecule has 9 nitrogen and oxygen atoms in total. The average molecular weight is 486 g/mol. The summed E-state index contributed by atoms with van der Waals surface area (Å²) in [4.78, 5) is 27.0. The highest BCUT2D eigenvalue weighted by atomic mass is 19.1. The fourth-order valence-electron chi connectivity index (χ4n) is 4.93. The van der Waals surface area contributed by atoms with Crippen LogP contribution in [0.3, 0.4) is 0 Å². The lowest BCUT2D eigenvalue weighted by molar-refractivity contribution is -0.151. The number of morpholine rings is 1. The molecule has 3 aliphatic rings. The van der Waals surface area contributed by atoms with E-state index in [-0.39, 0.29) is 42.9 Å². The van der Waals surface area contributed by atoms with Gasteiger partial charge in [0.05, 0.1) is 32.3 Å². The number of hydrogen-bond acceptors (Lipinski definition) is 6. The van der Waals surface area contributed by atoms with E-state index in [1.807, 2.05) is 6.07 Å². The lowest BCUT2D eigenvalue weighted by atomic mass is 9.84. The molecule has 2 aromatic carbocycles. The summed E-state index contributed by atoms with van der Waals surface area (Å²) >= 11 is 0. The van der Waals surface area contributed by atoms with Crippen LogP contribution in [0.25, 0.3) is 0 Å². The first-order chi connectivity index (χ1) is 17.0. The van der Waals surface area contributed by atoms with Gasteiger partial charge in [0, 0.05) is 35.9 Å². The number of aliphatic hydroxyl groups excluding tert-OH is 1. The smallest absolute Gasteiger partial charge is 0.323 e. The van der Waals surface area contributed by atoms with Gasteiger partial charge in [-0.1, -0.05) is 0 Å². The summed E-state index contributed by atoms with van der Waals surface area (Å²) < 4.78 is 30.6. The molecule has 186 valence electrons. The Balaban J connectivity index is 1.27. The Bertz CT molecular complexity index is 1080. The molecule has 5 rings (SSSR count). The summed E-state index contributed by atoms with van der Waals surface area (Å²) in [6.07, 6.45) is -0.478. The molecule has 3 heterocycles. The van der Waals surface area contributed by atoms with Crippen molar-refractivity contribution in [2.75, 3.05) is 43.5 Å². The van der Waals surface area contributed by atoms with E-state index in [0.717, 1.165) is 5.56 Å². The maximum Gasteiger partial charge on any atom is 0.323 e. The summed E-state index contributed by atoms with van der Waals surface area (Å²) in [5, 5.41) is 15.4. The van der Waals surface area contributed by atoms with Gasteiger partial charge in [-0.2, -0.15) is 0 Å². The summed E-state index contributed by atoms with van der Waals surface area (Å²) in [6, 6.07) is 10.4. The third-order valence-corrected chi connectivity index (χ3v) is 6.63. The summed E-state index contributed by atoms with van der Waals surface area (Å²) in [7, 11) is 0. The molecule has 3 N–H and O–H groups in total. The van der Waals surface area contributed by atoms with Gasteiger partial charge in [-0.05, 0) is 48.9 Å². The number of anilines is 2. The van der Waals surface area contributed by atoms with Gasteiger partial charge in [0.25, 0.3) is 0 Å². The maximum atomic E-state index is 13.1. The molecule has 4 atom stereocenters. The van der Waals surface area contributed by atoms with E-state index in [9.17, 15) is 19.1 Å². The highest BCUT2D eigenvalue weighted by Crippen LogP contribution is 2.47. The molecule has 2 aromatic rings. The van der Waals surface area contributed by atoms with Crippen LogP contribution >= 0.6 is 0 Å². The minimum absolute atomic E-state index is 0.0143. The van der Waals surface area contributed by atoms with E-state index in [1.54, 1.807) is 17.0 Å². The number of fused-ring (bicyclic) bond motifs is 3. The summed E-state index contributed by atoms with van der Waals surface area (Å²) in [5.74, 6) is 0.221. The second kappa shape index (κ2) is 10.2. The number of nitrogens with one attached hydrogen (secondary N) is 2. The van der Waals surface area contributed by atoms with Gasteiger partial charge < -0.3 is 34.9 Å². The van der Waals surface area contributed by atoms with Crippen molar-refractivity contribution in [1.82, 2.24) is 4.90 Å². The number of carbonyl (C=O) groups excluding carboxylic acids is 2. The highest BCUT2D eigenvalue weighted by Gasteiger charge is 2.46. The molecule has 2 saturated heterocycles. The van der Waals surface area contributed by atoms with Crippen molar-refractivity contribution in [3.63, 3.8) is 0 Å². The van der Waals surface area contributed by atoms with Crippen molar-refractivity contribution in [3.05, 3.63) is 53.8 Å². The predicted molar refractivity (Wildman–Crippen MR) is 125 cm³/mol. The first-order valence-corrected chi connectivity index (χ1v) is 11.8. The zero-order chi connectivity index (χ0) is 24.4. The van der Waals surface area contributed by atoms with Crippen LogP contribution in [0.1, 0.15) is 24.3 Å². The topological polar surface area (TPSA) is 109 Å². The molecule has 0 aliphatic carbocycles. The number of benzene rings is 2. The first kappa shape index (κ1) is 23.5. The Morgan fingerprint density at radius 2 is 1.77 bits per heavy atom. The molecule has 0 saturated carbocycles. The standard InChI is InChI=1S/C25H28FN3O6/c26-15-1-3-16(4-2-15)27-25(32)28-17-5-6-21-19(11-17)20-12-18(34-22(14-30)24(20)35-21)13-23(31)29-7-9-33-10-8-29/h1-6,11,18,20,22,24,30H,7-10,12-14H2,(H2,27,28,32)/t18-,20-,22+,24+/m0/s1. The van der Waals surface area contributed by atoms with Crippen LogP contribution in [-0.4, -0.2) is 73.2 Å². The van der Waals surface area contributed by atoms with Crippen LogP contribution in [0.15, 0.2) is 42.5 Å². The van der Waals surface area contributed by atoms with Crippen LogP contribution in [0.5, 0.6) is 5.75 Å². The van der Waals surface area contributed by atoms with Gasteiger partial charge in [0.1, 0.15) is 23.8 Å². The largest absolute Gasteiger partial charge is 0.487 e. The first-order valence-electron chi connectivity index (χ1n) is 11.8. The molecule has 3 aliphatic heterocycles. The number of nitrogens with zero attached hydrogens (tertiary/aromatic N) is 1. The number of rotatable bonds is 5. The van der Waals surface area contributed by atoms with Gasteiger partial charge in [0.15, 0.2) is 0 Å². The molecular weight excluding hydrogens is 457 g/mol. The quantitative estimate of drug-likeness (QED) is 0.601. The number of hydrogen-bond donors (Lipinski definition) is 3. The third-order valence-electron chi connectivity index (χ3n) is 6.63. The molecule has 3 amide bonds. The van der Waals surface area contributed by atoms with Crippen molar-refractivity contribution in [3.8, 4) is 5.75 Å². The van der Waals surface area contributed by atoms with Gasteiger partial charge in [-0.15, -0.1) is 0 Å². The van der Waals surface area contributed by atoms with E-state index in [0.29, 0.717) is 49.8 Å². The minimum atomic E-state index is -0.554. The van der Waals surface area contributed by atoms with E-state index in [4.69, 9.17) is 14.2 Å². The lowest BCUT2D eigenvalue weighted by Crippen LogP contribution is -2.48. The fourth-order valence-corrected chi connectivity index (χ4v) is 4.93. The van der Waals surface area contributed by atoms with Crippen molar-refractivity contribution in [1.29, 1.82) is 0 Å². The molecular formula is C25H28FN3O6. The number of halogens is 1. The zero-order valence-corrected chi connectivity index (χ0v) is 19.1. The molecule has 0 bridgehead atoms. The van der Waals surface area contributed by atoms with Gasteiger partial charge in [0.2, 0.25) is 5.91 Å². The Hall–Kier alpha value is -3.21. The molecule has 10 heteroatoms. The zero-order valence-electron chi connectivity index (χ0n) is 19.1. The molecule has 0 unspecified atom stereocenters. The van der Waals surface area contributed by atoms with Gasteiger partial charge >= 0.3 is 6.03 Å². The van der Waals surface area contributed by atoms with Crippen molar-refractivity contribution < 1.29 is 33.3 Å². The SMILES string of the molecule is O=C(Nc1ccc(F)cc1)Nc1ccc2c(c1)[C@@H]1C[C@@H](CC(=O)N3CCOCC3)O[C@H](CO)[C@@H]1O2. The molecule has 0 spiro atoms. The van der Waals surface area contributed by atoms with Crippen LogP contribution in [0.2, 0.25) is 0 Å². The van der Waals surface area contributed by atoms with Crippen molar-refractivity contribution >= 4 is 23.3 Å². The number of amides is 3. The molecule has 35 heavy (non-hydrogen) atoms. The van der Waals surface area contributed by atoms with E-state index < -0.39 is 12.1 Å². The molecule has 0 radical (unpaired) electrons. The number of carbonyl (C=O) groups is 2. The van der Waals surface area contributed by atoms with Gasteiger partial charge in [-0.3, -0.25) is 4.79 Å². The second-order valence-electron chi connectivity index (χ2n) is 8.94. The Kier molecular flexibility index (Phi) is 6.85. The normalized spacial score (nSPS) is 25.3. The van der Waals surface area contributed by atoms with Gasteiger partial charge in [-0.25, -0.2) is 9.18 Å². The van der Waals surface area contributed by atoms with Crippen LogP contribution in [0.4, 0.5) is 20.6 Å².